The number of fused-ring (bicyclic) bond motifs is 2. The molecule has 10 amide bonds. The van der Waals surface area contributed by atoms with E-state index in [1.165, 1.54) is 0 Å². The Morgan fingerprint density at radius 3 is 0.960 bits per heavy atom. The molecule has 0 saturated carbocycles. The summed E-state index contributed by atoms with van der Waals surface area (Å²) in [6.45, 7) is 17.3. The van der Waals surface area contributed by atoms with Gasteiger partial charge in [0.25, 0.3) is 0 Å². The Balaban J connectivity index is 1.37. The number of nitrogens with two attached hydrogens (primary N) is 4. The minimum absolute atomic E-state index is 0.00942. The molecule has 19 N–H and O–H groups in total. The lowest BCUT2D eigenvalue weighted by molar-refractivity contribution is -0.125. The number of hydrogen-bond donors (Lipinski definition) is 15. The van der Waals surface area contributed by atoms with Gasteiger partial charge in [0.1, 0.15) is 0 Å². The van der Waals surface area contributed by atoms with E-state index in [4.69, 9.17) is 22.9 Å². The van der Waals surface area contributed by atoms with Crippen molar-refractivity contribution in [3.05, 3.63) is 72.1 Å². The van der Waals surface area contributed by atoms with E-state index in [2.05, 4.69) is 57.8 Å². The van der Waals surface area contributed by atoms with Crippen LogP contribution in [0.5, 0.6) is 0 Å². The molecule has 0 radical (unpaired) electrons. The van der Waals surface area contributed by atoms with Crippen molar-refractivity contribution in [3.8, 4) is 0 Å². The van der Waals surface area contributed by atoms with Crippen molar-refractivity contribution in [1.82, 2.24) is 57.8 Å². The fraction of sp³-hybridized carbons (Fsp3) is 0.667. The Morgan fingerprint density at radius 1 is 0.343 bits per heavy atom. The van der Waals surface area contributed by atoms with E-state index in [9.17, 15) is 43.2 Å². The zero-order chi connectivity index (χ0) is 72.7. The number of primary amides is 1. The third-order valence-electron chi connectivity index (χ3n) is 18.6. The van der Waals surface area contributed by atoms with Crippen molar-refractivity contribution < 1.29 is 43.2 Å². The summed E-state index contributed by atoms with van der Waals surface area (Å²) in [4.78, 5) is 127. The fourth-order valence-electron chi connectivity index (χ4n) is 12.7. The molecule has 0 bridgehead atoms. The number of benzene rings is 2. The number of urea groups is 1. The van der Waals surface area contributed by atoms with Crippen LogP contribution in [-0.4, -0.2) is 137 Å². The Bertz CT molecular complexity index is 3070. The molecule has 4 aromatic rings. The van der Waals surface area contributed by atoms with Crippen LogP contribution in [0.2, 0.25) is 0 Å². The molecule has 99 heavy (non-hydrogen) atoms. The van der Waals surface area contributed by atoms with Gasteiger partial charge in [-0.2, -0.15) is 0 Å². The molecule has 8 atom stereocenters. The average molecular weight is 1380 g/mol. The van der Waals surface area contributed by atoms with Crippen molar-refractivity contribution in [1.29, 1.82) is 0 Å². The first kappa shape index (κ1) is 83.8. The van der Waals surface area contributed by atoms with Crippen LogP contribution in [0.15, 0.2) is 60.9 Å². The Hall–Kier alpha value is -7.57. The molecular formula is C75H125N15O9. The van der Waals surface area contributed by atoms with Crippen LogP contribution in [0.4, 0.5) is 4.79 Å². The lowest BCUT2D eigenvalue weighted by Gasteiger charge is -2.25. The zero-order valence-electron chi connectivity index (χ0n) is 60.9. The van der Waals surface area contributed by atoms with Gasteiger partial charge in [-0.05, 0) is 177 Å². The first-order chi connectivity index (χ1) is 47.4. The SMILES string of the molecule is CC(C)NC(=O)N[C@H](CCC(=O)N[C@@H](CCCCN)CCC(=O)N[C@H](CCC(=O)N[C@H](CCC(=O)N[C@@H](CCCCN)CCC(=O)N[C@H](CCC(=O)N[C@@H](CCCCN)CCC(=O)N[C@H](CCC(N)=O)C(C)C)Cc1c[nH]c2ccccc12)C(C)C)Cc1c[nH]c2ccccc12)C(C)C. The fourth-order valence-corrected chi connectivity index (χ4v) is 12.7. The number of carbonyl (C=O) groups is 9. The molecule has 0 spiro atoms. The third-order valence-corrected chi connectivity index (χ3v) is 18.6. The van der Waals surface area contributed by atoms with Crippen LogP contribution in [0.3, 0.4) is 0 Å². The molecular weight excluding hydrogens is 1250 g/mol. The van der Waals surface area contributed by atoms with Gasteiger partial charge in [-0.3, -0.25) is 38.4 Å². The lowest BCUT2D eigenvalue weighted by Crippen LogP contribution is -2.47. The molecule has 0 aliphatic rings. The van der Waals surface area contributed by atoms with Gasteiger partial charge in [0, 0.05) is 140 Å². The van der Waals surface area contributed by atoms with E-state index in [0.717, 1.165) is 71.5 Å². The summed E-state index contributed by atoms with van der Waals surface area (Å²) < 4.78 is 0. The van der Waals surface area contributed by atoms with Gasteiger partial charge < -0.3 is 80.8 Å². The number of nitrogens with one attached hydrogen (secondary N) is 11. The van der Waals surface area contributed by atoms with Crippen LogP contribution in [-0.2, 0) is 51.2 Å². The van der Waals surface area contributed by atoms with Crippen LogP contribution in [0.25, 0.3) is 21.8 Å². The molecule has 4 rings (SSSR count). The maximum atomic E-state index is 14.1. The topological polar surface area (TPSA) is 398 Å². The normalized spacial score (nSPS) is 14.1. The van der Waals surface area contributed by atoms with Crippen LogP contribution >= 0.6 is 0 Å². The van der Waals surface area contributed by atoms with E-state index in [1.54, 1.807) is 0 Å². The summed E-state index contributed by atoms with van der Waals surface area (Å²) in [6, 6.07) is 13.2. The Kier molecular flexibility index (Phi) is 39.6. The second-order valence-electron chi connectivity index (χ2n) is 28.5. The molecule has 0 fully saturated rings. The number of para-hydroxylation sites is 2. The number of carbonyl (C=O) groups excluding carboxylic acids is 9. The molecule has 0 unspecified atom stereocenters. The summed E-state index contributed by atoms with van der Waals surface area (Å²) in [5.74, 6) is -1.51. The Labute approximate surface area is 589 Å². The van der Waals surface area contributed by atoms with E-state index < -0.39 is 18.0 Å². The number of hydrogen-bond acceptors (Lipinski definition) is 12. The number of unbranched alkanes of at least 4 members (excludes halogenated alkanes) is 3. The maximum absolute atomic E-state index is 14.1. The third kappa shape index (κ3) is 34.4. The summed E-state index contributed by atoms with van der Waals surface area (Å²) >= 11 is 0. The zero-order valence-corrected chi connectivity index (χ0v) is 60.9. The molecule has 2 heterocycles. The molecule has 554 valence electrons. The molecule has 2 aromatic heterocycles. The number of rotatable bonds is 52. The van der Waals surface area contributed by atoms with Crippen molar-refractivity contribution in [2.75, 3.05) is 19.6 Å². The largest absolute Gasteiger partial charge is 0.370 e. The van der Waals surface area contributed by atoms with Gasteiger partial charge in [-0.1, -0.05) is 97.2 Å². The monoisotopic (exact) mass is 1380 g/mol. The van der Waals surface area contributed by atoms with E-state index in [-0.39, 0.29) is 159 Å². The molecule has 0 saturated heterocycles. The highest BCUT2D eigenvalue weighted by molar-refractivity contribution is 5.85. The summed E-state index contributed by atoms with van der Waals surface area (Å²) in [6.07, 6.45) is 15.7. The van der Waals surface area contributed by atoms with E-state index >= 15 is 0 Å². The highest BCUT2D eigenvalue weighted by Gasteiger charge is 2.27. The average Bonchev–Trinajstić information content (AvgIpc) is 1.73. The summed E-state index contributed by atoms with van der Waals surface area (Å²) in [5.41, 5.74) is 26.9. The van der Waals surface area contributed by atoms with E-state index in [0.29, 0.717) is 103 Å². The van der Waals surface area contributed by atoms with Gasteiger partial charge in [0.05, 0.1) is 0 Å². The minimum atomic E-state index is -0.421. The minimum Gasteiger partial charge on any atom is -0.370 e. The van der Waals surface area contributed by atoms with E-state index in [1.807, 2.05) is 116 Å². The van der Waals surface area contributed by atoms with Crippen LogP contribution < -0.4 is 70.8 Å². The predicted molar refractivity (Wildman–Crippen MR) is 394 cm³/mol. The predicted octanol–water partition coefficient (Wildman–Crippen LogP) is 7.99. The van der Waals surface area contributed by atoms with Gasteiger partial charge in [-0.15, -0.1) is 0 Å². The number of aromatic nitrogens is 2. The second kappa shape index (κ2) is 46.7. The summed E-state index contributed by atoms with van der Waals surface area (Å²) in [5, 5.41) is 30.1. The Morgan fingerprint density at radius 2 is 0.636 bits per heavy atom. The van der Waals surface area contributed by atoms with Gasteiger partial charge in [-0.25, -0.2) is 4.79 Å². The molecule has 2 aromatic carbocycles. The lowest BCUT2D eigenvalue weighted by atomic mass is 9.97. The standard InChI is InChI=1S/C75H125N15O9/c1-49(2)62(31-34-67(79)91)88-73(97)37-28-57(21-15-18-44-78)83-68(92)38-29-58(45-53-47-80-65-24-11-9-22-60(53)65)86-69(93)35-26-55(19-13-16-42-76)84-71(95)40-32-63(50(3)4)89-74(98)39-30-59(46-54-48-81-66-25-12-10-23-61(54)66)87-70(94)36-27-56(20-14-17-43-77)85-72(96)41-33-64(51(5)6)90-75(99)82-52(7)8/h9-12,22-25,47-52,55-59,62-64,80-81H,13-21,26-46,76-78H2,1-8H3,(H2,79,91)(H,83,92)(H,84,95)(H,85,96)(H,86,93)(H,87,94)(H,88,97)(H,89,98)(H2,82,90,99)/t55-,56-,57-,58+,59+,62+,63+,64+/m0/s1. The quantitative estimate of drug-likeness (QED) is 0.0187. The van der Waals surface area contributed by atoms with Crippen LogP contribution in [0.1, 0.15) is 227 Å². The number of amides is 10. The van der Waals surface area contributed by atoms with Crippen molar-refractivity contribution in [3.63, 3.8) is 0 Å². The summed E-state index contributed by atoms with van der Waals surface area (Å²) in [7, 11) is 0. The maximum Gasteiger partial charge on any atom is 0.315 e. The number of H-pyrrole nitrogens is 2. The van der Waals surface area contributed by atoms with Crippen molar-refractivity contribution in [2.45, 2.75) is 283 Å². The molecule has 24 heteroatoms. The van der Waals surface area contributed by atoms with Crippen LogP contribution in [0, 0.1) is 17.8 Å². The second-order valence-corrected chi connectivity index (χ2v) is 28.5. The molecule has 0 aliphatic heterocycles. The van der Waals surface area contributed by atoms with Crippen molar-refractivity contribution >= 4 is 75.1 Å². The van der Waals surface area contributed by atoms with Gasteiger partial charge in [0.15, 0.2) is 0 Å². The van der Waals surface area contributed by atoms with Crippen molar-refractivity contribution in [2.24, 2.45) is 40.7 Å². The van der Waals surface area contributed by atoms with Gasteiger partial charge >= 0.3 is 6.03 Å². The highest BCUT2D eigenvalue weighted by Crippen LogP contribution is 2.24. The first-order valence-corrected chi connectivity index (χ1v) is 37.0. The molecule has 0 aliphatic carbocycles. The number of aromatic amines is 2. The molecule has 24 nitrogen and oxygen atoms in total. The highest BCUT2D eigenvalue weighted by atomic mass is 16.2. The van der Waals surface area contributed by atoms with Gasteiger partial charge in [0.2, 0.25) is 47.3 Å². The smallest absolute Gasteiger partial charge is 0.315 e. The first-order valence-electron chi connectivity index (χ1n) is 37.0.